The van der Waals surface area contributed by atoms with E-state index < -0.39 is 0 Å². The zero-order valence-electron chi connectivity index (χ0n) is 15.3. The number of para-hydroxylation sites is 1. The van der Waals surface area contributed by atoms with Crippen molar-refractivity contribution in [3.05, 3.63) is 101 Å². The molecule has 6 heteroatoms. The highest BCUT2D eigenvalue weighted by atomic mass is 32.1. The topological polar surface area (TPSA) is 67.2 Å². The van der Waals surface area contributed by atoms with Gasteiger partial charge in [0.05, 0.1) is 10.5 Å². The quantitative estimate of drug-likeness (QED) is 0.242. The van der Waals surface area contributed by atoms with Crippen LogP contribution < -0.4 is 10.6 Å². The van der Waals surface area contributed by atoms with Crippen LogP contribution in [0.3, 0.4) is 0 Å². The summed E-state index contributed by atoms with van der Waals surface area (Å²) in [7, 11) is 0. The fraction of sp³-hybridized carbons (Fsp3) is 0. The zero-order chi connectivity index (χ0) is 20.2. The molecule has 0 amide bonds. The predicted molar refractivity (Wildman–Crippen MR) is 122 cm³/mol. The second-order valence-electron chi connectivity index (χ2n) is 6.46. The van der Waals surface area contributed by atoms with Gasteiger partial charge >= 0.3 is 0 Å². The summed E-state index contributed by atoms with van der Waals surface area (Å²) in [5.41, 5.74) is 3.17. The fourth-order valence-corrected chi connectivity index (χ4v) is 3.46. The summed E-state index contributed by atoms with van der Waals surface area (Å²) in [4.78, 5) is 10.9. The Kier molecular flexibility index (Phi) is 5.18. The molecule has 4 aromatic carbocycles. The Labute approximate surface area is 173 Å². The summed E-state index contributed by atoms with van der Waals surface area (Å²) < 4.78 is 0. The van der Waals surface area contributed by atoms with Crippen molar-refractivity contribution in [2.45, 2.75) is 0 Å². The Morgan fingerprint density at radius 1 is 0.793 bits per heavy atom. The maximum absolute atomic E-state index is 11.2. The van der Waals surface area contributed by atoms with E-state index in [0.717, 1.165) is 27.7 Å². The second-order valence-corrected chi connectivity index (χ2v) is 6.87. The number of fused-ring (bicyclic) bond motifs is 1. The number of rotatable bonds is 4. The highest BCUT2D eigenvalue weighted by molar-refractivity contribution is 7.80. The summed E-state index contributed by atoms with van der Waals surface area (Å²) in [6.45, 7) is 0. The summed E-state index contributed by atoms with van der Waals surface area (Å²) in [6, 6.07) is 28.2. The number of nitrogens with zero attached hydrogens (tertiary/aromatic N) is 1. The Morgan fingerprint density at radius 3 is 2.28 bits per heavy atom. The maximum Gasteiger partial charge on any atom is 0.277 e. The van der Waals surface area contributed by atoms with E-state index >= 15 is 0 Å². The molecule has 4 rings (SSSR count). The van der Waals surface area contributed by atoms with Crippen molar-refractivity contribution < 1.29 is 4.92 Å². The van der Waals surface area contributed by atoms with Gasteiger partial charge in [-0.15, -0.1) is 0 Å². The predicted octanol–water partition coefficient (Wildman–Crippen LogP) is 6.22. The monoisotopic (exact) mass is 399 g/mol. The summed E-state index contributed by atoms with van der Waals surface area (Å²) in [6.07, 6.45) is 0. The molecule has 0 radical (unpaired) electrons. The van der Waals surface area contributed by atoms with E-state index in [1.807, 2.05) is 54.6 Å². The molecular weight excluding hydrogens is 382 g/mol. The molecule has 142 valence electrons. The summed E-state index contributed by atoms with van der Waals surface area (Å²) >= 11 is 5.45. The van der Waals surface area contributed by atoms with Crippen LogP contribution in [0.5, 0.6) is 0 Å². The number of benzene rings is 4. The van der Waals surface area contributed by atoms with Gasteiger partial charge in [-0.3, -0.25) is 10.1 Å². The smallest absolute Gasteiger partial charge is 0.277 e. The Balaban J connectivity index is 1.50. The summed E-state index contributed by atoms with van der Waals surface area (Å²) in [5, 5.41) is 20.3. The van der Waals surface area contributed by atoms with Crippen LogP contribution in [0.4, 0.5) is 17.1 Å². The van der Waals surface area contributed by atoms with Crippen LogP contribution in [0.25, 0.3) is 21.9 Å². The van der Waals surface area contributed by atoms with Gasteiger partial charge in [0.15, 0.2) is 5.11 Å². The average molecular weight is 399 g/mol. The van der Waals surface area contributed by atoms with E-state index in [1.54, 1.807) is 18.2 Å². The molecule has 2 N–H and O–H groups in total. The van der Waals surface area contributed by atoms with Gasteiger partial charge in [0, 0.05) is 22.8 Å². The van der Waals surface area contributed by atoms with Crippen molar-refractivity contribution in [1.29, 1.82) is 0 Å². The maximum atomic E-state index is 11.2. The van der Waals surface area contributed by atoms with Gasteiger partial charge in [-0.05, 0) is 47.4 Å². The molecule has 0 atom stereocenters. The molecule has 0 bridgehead atoms. The average Bonchev–Trinajstić information content (AvgIpc) is 2.74. The number of nitrogens with one attached hydrogen (secondary N) is 2. The van der Waals surface area contributed by atoms with Gasteiger partial charge in [-0.1, -0.05) is 60.7 Å². The Bertz CT molecular complexity index is 1200. The van der Waals surface area contributed by atoms with E-state index in [4.69, 9.17) is 12.2 Å². The zero-order valence-corrected chi connectivity index (χ0v) is 16.1. The van der Waals surface area contributed by atoms with Gasteiger partial charge in [0.1, 0.15) is 0 Å². The van der Waals surface area contributed by atoms with Crippen LogP contribution >= 0.6 is 12.2 Å². The minimum Gasteiger partial charge on any atom is -0.332 e. The van der Waals surface area contributed by atoms with Crippen LogP contribution in [0, 0.1) is 10.1 Å². The van der Waals surface area contributed by atoms with E-state index in [-0.39, 0.29) is 10.6 Å². The highest BCUT2D eigenvalue weighted by Gasteiger charge is 2.13. The fourth-order valence-electron chi connectivity index (χ4n) is 3.23. The molecule has 0 aromatic heterocycles. The molecule has 0 aliphatic rings. The molecule has 0 aliphatic carbocycles. The second kappa shape index (κ2) is 8.08. The third-order valence-electron chi connectivity index (χ3n) is 4.59. The standard InChI is InChI=1S/C23H17N3O2S/c27-26(28)22-11-4-3-9-20(22)17-12-14-18(15-13-17)24-23(29)25-21-10-5-7-16-6-1-2-8-19(16)21/h1-15H,(H2,24,25,29). The molecule has 0 aliphatic heterocycles. The molecule has 0 fully saturated rings. The molecular formula is C23H17N3O2S. The van der Waals surface area contributed by atoms with Gasteiger partial charge < -0.3 is 10.6 Å². The van der Waals surface area contributed by atoms with Crippen molar-refractivity contribution in [3.63, 3.8) is 0 Å². The van der Waals surface area contributed by atoms with Crippen LogP contribution in [0.15, 0.2) is 91.0 Å². The lowest BCUT2D eigenvalue weighted by atomic mass is 10.0. The van der Waals surface area contributed by atoms with Gasteiger partial charge in [-0.2, -0.15) is 0 Å². The molecule has 4 aromatic rings. The van der Waals surface area contributed by atoms with Crippen LogP contribution in [-0.2, 0) is 0 Å². The van der Waals surface area contributed by atoms with Crippen LogP contribution in [0.2, 0.25) is 0 Å². The van der Waals surface area contributed by atoms with Crippen molar-refractivity contribution in [2.75, 3.05) is 10.6 Å². The first kappa shape index (κ1) is 18.6. The van der Waals surface area contributed by atoms with Crippen molar-refractivity contribution in [1.82, 2.24) is 0 Å². The van der Waals surface area contributed by atoms with Crippen LogP contribution in [0.1, 0.15) is 0 Å². The Morgan fingerprint density at radius 2 is 1.48 bits per heavy atom. The minimum atomic E-state index is -0.370. The molecule has 0 unspecified atom stereocenters. The molecule has 0 heterocycles. The number of nitro groups is 1. The summed E-state index contributed by atoms with van der Waals surface area (Å²) in [5.74, 6) is 0. The minimum absolute atomic E-state index is 0.0846. The normalized spacial score (nSPS) is 10.5. The first-order chi connectivity index (χ1) is 14.1. The number of anilines is 2. The Hall–Kier alpha value is -3.77. The third-order valence-corrected chi connectivity index (χ3v) is 4.80. The number of nitro benzene ring substituents is 1. The lowest BCUT2D eigenvalue weighted by Gasteiger charge is -2.13. The van der Waals surface area contributed by atoms with Crippen molar-refractivity contribution >= 4 is 45.2 Å². The number of hydrogen-bond donors (Lipinski definition) is 2. The largest absolute Gasteiger partial charge is 0.332 e. The SMILES string of the molecule is O=[N+]([O-])c1ccccc1-c1ccc(NC(=S)Nc2cccc3ccccc23)cc1. The highest BCUT2D eigenvalue weighted by Crippen LogP contribution is 2.30. The number of hydrogen-bond acceptors (Lipinski definition) is 3. The molecule has 5 nitrogen and oxygen atoms in total. The third kappa shape index (κ3) is 4.07. The number of thiocarbonyl (C=S) groups is 1. The van der Waals surface area contributed by atoms with E-state index in [1.165, 1.54) is 6.07 Å². The first-order valence-corrected chi connectivity index (χ1v) is 9.42. The van der Waals surface area contributed by atoms with E-state index in [2.05, 4.69) is 22.8 Å². The lowest BCUT2D eigenvalue weighted by molar-refractivity contribution is -0.384. The van der Waals surface area contributed by atoms with Gasteiger partial charge in [0.25, 0.3) is 5.69 Å². The van der Waals surface area contributed by atoms with E-state index in [9.17, 15) is 10.1 Å². The van der Waals surface area contributed by atoms with Crippen molar-refractivity contribution in [3.8, 4) is 11.1 Å². The molecule has 0 saturated carbocycles. The van der Waals surface area contributed by atoms with Crippen molar-refractivity contribution in [2.24, 2.45) is 0 Å². The molecule has 0 saturated heterocycles. The van der Waals surface area contributed by atoms with Gasteiger partial charge in [0.2, 0.25) is 0 Å². The van der Waals surface area contributed by atoms with Gasteiger partial charge in [-0.25, -0.2) is 0 Å². The lowest BCUT2D eigenvalue weighted by Crippen LogP contribution is -2.19. The van der Waals surface area contributed by atoms with E-state index in [0.29, 0.717) is 10.7 Å². The first-order valence-electron chi connectivity index (χ1n) is 9.01. The molecule has 29 heavy (non-hydrogen) atoms. The molecule has 0 spiro atoms. The van der Waals surface area contributed by atoms with Crippen LogP contribution in [-0.4, -0.2) is 10.0 Å².